The zero-order chi connectivity index (χ0) is 9.60. The molecule has 0 aromatic heterocycles. The van der Waals surface area contributed by atoms with E-state index >= 15 is 0 Å². The number of nitrogens with one attached hydrogen (secondary N) is 1. The van der Waals surface area contributed by atoms with Crippen molar-refractivity contribution in [3.8, 4) is 0 Å². The number of anilines is 1. The zero-order valence-corrected chi connectivity index (χ0v) is 8.60. The van der Waals surface area contributed by atoms with E-state index in [2.05, 4.69) is 11.4 Å². The number of rotatable bonds is 0. The quantitative estimate of drug-likeness (QED) is 0.709. The van der Waals surface area contributed by atoms with Gasteiger partial charge in [-0.2, -0.15) is 0 Å². The van der Waals surface area contributed by atoms with Gasteiger partial charge in [0.15, 0.2) is 0 Å². The van der Waals surface area contributed by atoms with Crippen LogP contribution in [0.25, 0.3) is 0 Å². The summed E-state index contributed by atoms with van der Waals surface area (Å²) in [6, 6.07) is 6.10. The minimum absolute atomic E-state index is 0.222. The Balaban J connectivity index is 2.09. The molecule has 0 radical (unpaired) electrons. The molecule has 1 spiro atoms. The molecule has 2 heterocycles. The first-order valence-electron chi connectivity index (χ1n) is 4.92. The Morgan fingerprint density at radius 2 is 2.36 bits per heavy atom. The van der Waals surface area contributed by atoms with Crippen LogP contribution in [0.1, 0.15) is 12.0 Å². The molecule has 74 valence electrons. The van der Waals surface area contributed by atoms with E-state index in [-0.39, 0.29) is 5.41 Å². The topological polar surface area (TPSA) is 21.3 Å². The van der Waals surface area contributed by atoms with E-state index in [1.807, 2.05) is 12.1 Å². The molecule has 14 heavy (non-hydrogen) atoms. The lowest BCUT2D eigenvalue weighted by Crippen LogP contribution is -2.28. The van der Waals surface area contributed by atoms with Crippen molar-refractivity contribution in [3.05, 3.63) is 28.8 Å². The van der Waals surface area contributed by atoms with Gasteiger partial charge < -0.3 is 10.1 Å². The second kappa shape index (κ2) is 2.88. The molecule has 3 rings (SSSR count). The number of ether oxygens (including phenoxy) is 1. The molecule has 2 nitrogen and oxygen atoms in total. The zero-order valence-electron chi connectivity index (χ0n) is 7.85. The van der Waals surface area contributed by atoms with E-state index < -0.39 is 0 Å². The number of fused-ring (bicyclic) bond motifs is 2. The third-order valence-electron chi connectivity index (χ3n) is 3.27. The average Bonchev–Trinajstić information content (AvgIpc) is 2.77. The molecule has 1 fully saturated rings. The van der Waals surface area contributed by atoms with Crippen LogP contribution in [0.5, 0.6) is 0 Å². The van der Waals surface area contributed by atoms with Crippen LogP contribution in [-0.4, -0.2) is 19.8 Å². The van der Waals surface area contributed by atoms with Crippen LogP contribution in [0.2, 0.25) is 5.02 Å². The summed E-state index contributed by atoms with van der Waals surface area (Å²) in [5, 5.41) is 4.21. The third kappa shape index (κ3) is 1.07. The molecule has 1 atom stereocenters. The van der Waals surface area contributed by atoms with E-state index in [1.54, 1.807) is 0 Å². The lowest BCUT2D eigenvalue weighted by atomic mass is 9.82. The molecule has 2 aliphatic rings. The third-order valence-corrected chi connectivity index (χ3v) is 3.51. The second-order valence-corrected chi connectivity index (χ2v) is 4.56. The van der Waals surface area contributed by atoms with Crippen LogP contribution in [0.4, 0.5) is 5.69 Å². The molecule has 0 bridgehead atoms. The van der Waals surface area contributed by atoms with E-state index in [4.69, 9.17) is 16.3 Å². The van der Waals surface area contributed by atoms with Crippen LogP contribution in [0, 0.1) is 0 Å². The van der Waals surface area contributed by atoms with Gasteiger partial charge in [-0.25, -0.2) is 0 Å². The minimum Gasteiger partial charge on any atom is -0.384 e. The van der Waals surface area contributed by atoms with Gasteiger partial charge in [0.1, 0.15) is 0 Å². The van der Waals surface area contributed by atoms with Gasteiger partial charge in [0.2, 0.25) is 0 Å². The monoisotopic (exact) mass is 209 g/mol. The number of benzene rings is 1. The fraction of sp³-hybridized carbons (Fsp3) is 0.455. The lowest BCUT2D eigenvalue weighted by Gasteiger charge is -2.20. The van der Waals surface area contributed by atoms with Crippen molar-refractivity contribution in [2.24, 2.45) is 0 Å². The van der Waals surface area contributed by atoms with Gasteiger partial charge in [-0.3, -0.25) is 0 Å². The maximum absolute atomic E-state index is 5.95. The predicted octanol–water partition coefficient (Wildman–Crippen LogP) is 2.42. The fourth-order valence-electron chi connectivity index (χ4n) is 2.44. The van der Waals surface area contributed by atoms with Gasteiger partial charge in [0.25, 0.3) is 0 Å². The molecule has 1 aromatic carbocycles. The first-order valence-corrected chi connectivity index (χ1v) is 5.30. The maximum atomic E-state index is 5.95. The highest BCUT2D eigenvalue weighted by Crippen LogP contribution is 2.43. The van der Waals surface area contributed by atoms with Gasteiger partial charge in [-0.05, 0) is 24.1 Å². The van der Waals surface area contributed by atoms with Gasteiger partial charge in [0.05, 0.1) is 6.61 Å². The van der Waals surface area contributed by atoms with Crippen molar-refractivity contribution < 1.29 is 4.74 Å². The van der Waals surface area contributed by atoms with Gasteiger partial charge in [0, 0.05) is 29.3 Å². The molecule has 0 saturated carbocycles. The van der Waals surface area contributed by atoms with Gasteiger partial charge >= 0.3 is 0 Å². The highest BCUT2D eigenvalue weighted by Gasteiger charge is 2.42. The largest absolute Gasteiger partial charge is 0.384 e. The Labute approximate surface area is 88.2 Å². The Morgan fingerprint density at radius 3 is 3.14 bits per heavy atom. The molecular formula is C11H12ClNO. The summed E-state index contributed by atoms with van der Waals surface area (Å²) in [5.41, 5.74) is 2.78. The van der Waals surface area contributed by atoms with Gasteiger partial charge in [-0.1, -0.05) is 17.7 Å². The SMILES string of the molecule is Clc1ccc2c(c1)NC[C@]21CCOC1. The van der Waals surface area contributed by atoms with E-state index in [1.165, 1.54) is 11.3 Å². The van der Waals surface area contributed by atoms with E-state index in [9.17, 15) is 0 Å². The van der Waals surface area contributed by atoms with Gasteiger partial charge in [-0.15, -0.1) is 0 Å². The number of halogens is 1. The minimum atomic E-state index is 0.222. The summed E-state index contributed by atoms with van der Waals surface area (Å²) in [7, 11) is 0. The molecular weight excluding hydrogens is 198 g/mol. The summed E-state index contributed by atoms with van der Waals surface area (Å²) >= 11 is 5.95. The Kier molecular flexibility index (Phi) is 1.76. The second-order valence-electron chi connectivity index (χ2n) is 4.13. The average molecular weight is 210 g/mol. The van der Waals surface area contributed by atoms with Crippen LogP contribution in [0.15, 0.2) is 18.2 Å². The van der Waals surface area contributed by atoms with Crippen molar-refractivity contribution in [3.63, 3.8) is 0 Å². The van der Waals surface area contributed by atoms with E-state index in [0.717, 1.165) is 31.2 Å². The molecule has 0 unspecified atom stereocenters. The van der Waals surface area contributed by atoms with Crippen molar-refractivity contribution in [1.29, 1.82) is 0 Å². The van der Waals surface area contributed by atoms with Crippen molar-refractivity contribution in [2.75, 3.05) is 25.1 Å². The Morgan fingerprint density at radius 1 is 1.43 bits per heavy atom. The molecule has 0 aliphatic carbocycles. The molecule has 3 heteroatoms. The maximum Gasteiger partial charge on any atom is 0.0581 e. The van der Waals surface area contributed by atoms with Crippen molar-refractivity contribution in [2.45, 2.75) is 11.8 Å². The summed E-state index contributed by atoms with van der Waals surface area (Å²) < 4.78 is 5.50. The van der Waals surface area contributed by atoms with E-state index in [0.29, 0.717) is 0 Å². The molecule has 1 N–H and O–H groups in total. The van der Waals surface area contributed by atoms with Crippen molar-refractivity contribution >= 4 is 17.3 Å². The summed E-state index contributed by atoms with van der Waals surface area (Å²) in [6.45, 7) is 2.71. The molecule has 0 amide bonds. The van der Waals surface area contributed by atoms with Crippen molar-refractivity contribution in [1.82, 2.24) is 0 Å². The lowest BCUT2D eigenvalue weighted by molar-refractivity contribution is 0.181. The summed E-state index contributed by atoms with van der Waals surface area (Å²) in [5.74, 6) is 0. The first-order chi connectivity index (χ1) is 6.80. The summed E-state index contributed by atoms with van der Waals surface area (Å²) in [6.07, 6.45) is 1.12. The number of hydrogen-bond acceptors (Lipinski definition) is 2. The molecule has 1 saturated heterocycles. The summed E-state index contributed by atoms with van der Waals surface area (Å²) in [4.78, 5) is 0. The normalized spacial score (nSPS) is 29.2. The molecule has 2 aliphatic heterocycles. The van der Waals surface area contributed by atoms with Crippen LogP contribution < -0.4 is 5.32 Å². The Bertz CT molecular complexity index is 372. The van der Waals surface area contributed by atoms with Crippen LogP contribution in [0.3, 0.4) is 0 Å². The molecule has 1 aromatic rings. The smallest absolute Gasteiger partial charge is 0.0581 e. The predicted molar refractivity (Wildman–Crippen MR) is 57.1 cm³/mol. The van der Waals surface area contributed by atoms with Crippen LogP contribution >= 0.6 is 11.6 Å². The highest BCUT2D eigenvalue weighted by molar-refractivity contribution is 6.30. The first kappa shape index (κ1) is 8.57. The fourth-order valence-corrected chi connectivity index (χ4v) is 2.62. The highest BCUT2D eigenvalue weighted by atomic mass is 35.5. The Hall–Kier alpha value is -0.730. The standard InChI is InChI=1S/C11H12ClNO/c12-8-1-2-9-10(5-8)13-6-11(9)3-4-14-7-11/h1-2,5,13H,3-4,6-7H2/t11-/m0/s1. The number of hydrogen-bond donors (Lipinski definition) is 1. The van der Waals surface area contributed by atoms with Crippen LogP contribution in [-0.2, 0) is 10.2 Å².